The van der Waals surface area contributed by atoms with Crippen molar-refractivity contribution < 1.29 is 38.4 Å². The van der Waals surface area contributed by atoms with Crippen molar-refractivity contribution in [2.24, 2.45) is 5.92 Å². The average molecular weight is 530 g/mol. The first-order valence-corrected chi connectivity index (χ1v) is 12.4. The largest absolute Gasteiger partial charge is 0.503 e. The number of cyclic esters (lactones) is 1. The number of nitrogens with zero attached hydrogens (tertiary/aromatic N) is 2. The SMILES string of the molecule is COc1ccnc(C(=O)N[C@H]2COC[C@H](Cc3ccccc3)[C@@H](OCCC(=O)N(C)C)[C@H](C)OC2=O)c1O. The van der Waals surface area contributed by atoms with E-state index in [1.165, 1.54) is 24.3 Å². The third-order valence-corrected chi connectivity index (χ3v) is 6.22. The highest BCUT2D eigenvalue weighted by Gasteiger charge is 2.36. The highest BCUT2D eigenvalue weighted by atomic mass is 16.6. The predicted molar refractivity (Wildman–Crippen MR) is 137 cm³/mol. The molecule has 206 valence electrons. The van der Waals surface area contributed by atoms with Crippen molar-refractivity contribution in [2.75, 3.05) is 41.0 Å². The fraction of sp³-hybridized carbons (Fsp3) is 0.481. The molecule has 0 aliphatic carbocycles. The number of esters is 1. The summed E-state index contributed by atoms with van der Waals surface area (Å²) in [6.07, 6.45) is 0.819. The molecule has 38 heavy (non-hydrogen) atoms. The van der Waals surface area contributed by atoms with Crippen LogP contribution in [0.5, 0.6) is 11.5 Å². The number of hydrogen-bond donors (Lipinski definition) is 2. The van der Waals surface area contributed by atoms with Gasteiger partial charge in [0.1, 0.15) is 6.10 Å². The van der Waals surface area contributed by atoms with Crippen LogP contribution in [0.25, 0.3) is 0 Å². The molecule has 1 aromatic heterocycles. The van der Waals surface area contributed by atoms with Crippen LogP contribution < -0.4 is 10.1 Å². The minimum absolute atomic E-state index is 0.0727. The molecular formula is C27H35N3O8. The van der Waals surface area contributed by atoms with Crippen LogP contribution in [0.15, 0.2) is 42.6 Å². The molecule has 11 nitrogen and oxygen atoms in total. The summed E-state index contributed by atoms with van der Waals surface area (Å²) in [6.45, 7) is 1.93. The van der Waals surface area contributed by atoms with Crippen molar-refractivity contribution in [2.45, 2.75) is 38.0 Å². The van der Waals surface area contributed by atoms with Gasteiger partial charge in [-0.1, -0.05) is 30.3 Å². The molecule has 1 fully saturated rings. The van der Waals surface area contributed by atoms with Gasteiger partial charge in [0.15, 0.2) is 23.2 Å². The lowest BCUT2D eigenvalue weighted by Gasteiger charge is -2.31. The van der Waals surface area contributed by atoms with Crippen LogP contribution in [0.1, 0.15) is 29.4 Å². The number of hydrogen-bond acceptors (Lipinski definition) is 9. The number of methoxy groups -OCH3 is 1. The Bertz CT molecular complexity index is 1090. The van der Waals surface area contributed by atoms with Gasteiger partial charge in [0.2, 0.25) is 5.91 Å². The van der Waals surface area contributed by atoms with Crippen molar-refractivity contribution >= 4 is 17.8 Å². The Morgan fingerprint density at radius 3 is 2.61 bits per heavy atom. The number of aromatic hydroxyl groups is 1. The van der Waals surface area contributed by atoms with Gasteiger partial charge in [-0.25, -0.2) is 9.78 Å². The maximum absolute atomic E-state index is 13.0. The maximum atomic E-state index is 13.0. The highest BCUT2D eigenvalue weighted by molar-refractivity contribution is 5.98. The van der Waals surface area contributed by atoms with Crippen LogP contribution in [0.4, 0.5) is 0 Å². The number of pyridine rings is 1. The van der Waals surface area contributed by atoms with Crippen molar-refractivity contribution in [3.8, 4) is 11.5 Å². The first-order chi connectivity index (χ1) is 18.2. The van der Waals surface area contributed by atoms with Gasteiger partial charge in [0, 0.05) is 32.3 Å². The molecule has 2 heterocycles. The molecule has 2 aromatic rings. The second kappa shape index (κ2) is 13.7. The number of amides is 2. The van der Waals surface area contributed by atoms with Gasteiger partial charge in [-0.05, 0) is 18.9 Å². The Kier molecular flexibility index (Phi) is 10.4. The summed E-state index contributed by atoms with van der Waals surface area (Å²) in [5.74, 6) is -2.15. The second-order valence-corrected chi connectivity index (χ2v) is 9.24. The summed E-state index contributed by atoms with van der Waals surface area (Å²) in [6, 6.07) is 10.0. The van der Waals surface area contributed by atoms with Crippen molar-refractivity contribution in [3.05, 3.63) is 53.9 Å². The molecule has 0 saturated carbocycles. The minimum Gasteiger partial charge on any atom is -0.503 e. The molecule has 2 N–H and O–H groups in total. The first-order valence-electron chi connectivity index (χ1n) is 12.4. The van der Waals surface area contributed by atoms with Crippen LogP contribution >= 0.6 is 0 Å². The summed E-state index contributed by atoms with van der Waals surface area (Å²) in [5, 5.41) is 12.8. The van der Waals surface area contributed by atoms with E-state index in [2.05, 4.69) is 10.3 Å². The molecule has 1 aliphatic heterocycles. The molecule has 2 amide bonds. The van der Waals surface area contributed by atoms with E-state index in [-0.39, 0.29) is 49.5 Å². The summed E-state index contributed by atoms with van der Waals surface area (Å²) >= 11 is 0. The van der Waals surface area contributed by atoms with Gasteiger partial charge in [0.25, 0.3) is 5.91 Å². The Balaban J connectivity index is 1.77. The molecule has 11 heteroatoms. The van der Waals surface area contributed by atoms with Gasteiger partial charge >= 0.3 is 5.97 Å². The van der Waals surface area contributed by atoms with E-state index in [9.17, 15) is 19.5 Å². The van der Waals surface area contributed by atoms with Gasteiger partial charge < -0.3 is 34.3 Å². The average Bonchev–Trinajstić information content (AvgIpc) is 2.94. The molecule has 3 rings (SSSR count). The number of carbonyl (C=O) groups is 3. The monoisotopic (exact) mass is 529 g/mol. The normalized spacial score (nSPS) is 21.8. The number of benzene rings is 1. The number of aromatic nitrogens is 1. The zero-order valence-corrected chi connectivity index (χ0v) is 22.1. The smallest absolute Gasteiger partial charge is 0.331 e. The summed E-state index contributed by atoms with van der Waals surface area (Å²) < 4.78 is 22.8. The molecular weight excluding hydrogens is 494 g/mol. The van der Waals surface area contributed by atoms with Crippen LogP contribution in [-0.2, 0) is 30.2 Å². The molecule has 0 radical (unpaired) electrons. The van der Waals surface area contributed by atoms with Crippen LogP contribution in [0.2, 0.25) is 0 Å². The highest BCUT2D eigenvalue weighted by Crippen LogP contribution is 2.28. The Morgan fingerprint density at radius 1 is 1.18 bits per heavy atom. The molecule has 0 unspecified atom stereocenters. The molecule has 1 aromatic carbocycles. The third kappa shape index (κ3) is 7.65. The van der Waals surface area contributed by atoms with Gasteiger partial charge in [0.05, 0.1) is 39.5 Å². The van der Waals surface area contributed by atoms with E-state index in [4.69, 9.17) is 18.9 Å². The Labute approximate surface area is 222 Å². The van der Waals surface area contributed by atoms with Crippen LogP contribution in [0.3, 0.4) is 0 Å². The van der Waals surface area contributed by atoms with Crippen LogP contribution in [-0.4, -0.2) is 92.0 Å². The van der Waals surface area contributed by atoms with E-state index in [1.807, 2.05) is 30.3 Å². The zero-order valence-electron chi connectivity index (χ0n) is 22.1. The van der Waals surface area contributed by atoms with Crippen molar-refractivity contribution in [3.63, 3.8) is 0 Å². The second-order valence-electron chi connectivity index (χ2n) is 9.24. The fourth-order valence-electron chi connectivity index (χ4n) is 4.18. The lowest BCUT2D eigenvalue weighted by Crippen LogP contribution is -2.46. The number of nitrogens with one attached hydrogen (secondary N) is 1. The van der Waals surface area contributed by atoms with E-state index < -0.39 is 35.9 Å². The summed E-state index contributed by atoms with van der Waals surface area (Å²) in [5.41, 5.74) is 0.764. The van der Waals surface area contributed by atoms with E-state index in [0.29, 0.717) is 6.42 Å². The lowest BCUT2D eigenvalue weighted by molar-refractivity contribution is -0.161. The Hall–Kier alpha value is -3.70. The molecule has 0 bridgehead atoms. The fourth-order valence-corrected chi connectivity index (χ4v) is 4.18. The van der Waals surface area contributed by atoms with Crippen molar-refractivity contribution in [1.29, 1.82) is 0 Å². The predicted octanol–water partition coefficient (Wildman–Crippen LogP) is 1.58. The first kappa shape index (κ1) is 28.9. The van der Waals surface area contributed by atoms with Crippen molar-refractivity contribution in [1.82, 2.24) is 15.2 Å². The van der Waals surface area contributed by atoms with Gasteiger partial charge in [-0.2, -0.15) is 0 Å². The van der Waals surface area contributed by atoms with E-state index >= 15 is 0 Å². The molecule has 1 saturated heterocycles. The third-order valence-electron chi connectivity index (χ3n) is 6.22. The molecule has 1 aliphatic rings. The zero-order chi connectivity index (χ0) is 27.7. The quantitative estimate of drug-likeness (QED) is 0.464. The number of rotatable bonds is 9. The molecule has 4 atom stereocenters. The van der Waals surface area contributed by atoms with E-state index in [1.54, 1.807) is 21.0 Å². The van der Waals surface area contributed by atoms with E-state index in [0.717, 1.165) is 5.56 Å². The maximum Gasteiger partial charge on any atom is 0.331 e. The number of carbonyl (C=O) groups excluding carboxylic acids is 3. The summed E-state index contributed by atoms with van der Waals surface area (Å²) in [4.78, 5) is 43.3. The van der Waals surface area contributed by atoms with Crippen LogP contribution in [0, 0.1) is 5.92 Å². The lowest BCUT2D eigenvalue weighted by atomic mass is 9.91. The number of ether oxygens (including phenoxy) is 4. The van der Waals surface area contributed by atoms with Gasteiger partial charge in [-0.15, -0.1) is 0 Å². The summed E-state index contributed by atoms with van der Waals surface area (Å²) in [7, 11) is 4.70. The van der Waals surface area contributed by atoms with Gasteiger partial charge in [-0.3, -0.25) is 9.59 Å². The standard InChI is InChI=1S/C27H35N3O8/c1-17-25(37-13-11-22(31)30(2)3)19(14-18-8-6-5-7-9-18)15-36-16-20(27(34)38-17)29-26(33)23-24(32)21(35-4)10-12-28-23/h5-10,12,17,19-20,25,32H,11,13-16H2,1-4H3,(H,29,33)/t17-,19-,20-,25-/m0/s1. The minimum atomic E-state index is -1.15. The Morgan fingerprint density at radius 2 is 1.92 bits per heavy atom. The molecule has 0 spiro atoms. The topological polar surface area (TPSA) is 137 Å².